The van der Waals surface area contributed by atoms with Crippen molar-refractivity contribution < 1.29 is 27.1 Å². The molecule has 0 aliphatic heterocycles. The van der Waals surface area contributed by atoms with Crippen molar-refractivity contribution in [2.24, 2.45) is 5.73 Å². The molecule has 4 nitrogen and oxygen atoms in total. The molecule has 1 saturated carbocycles. The third kappa shape index (κ3) is 3.63. The lowest BCUT2D eigenvalue weighted by molar-refractivity contribution is -0.140. The number of amides is 1. The van der Waals surface area contributed by atoms with Crippen LogP contribution in [0.3, 0.4) is 0 Å². The Morgan fingerprint density at radius 2 is 1.92 bits per heavy atom. The molecule has 1 aliphatic rings. The predicted molar refractivity (Wildman–Crippen MR) is 79.7 cm³/mol. The summed E-state index contributed by atoms with van der Waals surface area (Å²) in [6.45, 7) is 3.49. The number of nitrogens with two attached hydrogens (primary N) is 1. The molecule has 24 heavy (non-hydrogen) atoms. The van der Waals surface area contributed by atoms with Crippen LogP contribution >= 0.6 is 0 Å². The fraction of sp³-hybridized carbons (Fsp3) is 0.562. The van der Waals surface area contributed by atoms with Crippen LogP contribution in [0.25, 0.3) is 0 Å². The van der Waals surface area contributed by atoms with Gasteiger partial charge in [-0.05, 0) is 44.4 Å². The van der Waals surface area contributed by atoms with Gasteiger partial charge in [0.05, 0.1) is 18.2 Å². The summed E-state index contributed by atoms with van der Waals surface area (Å²) in [5.41, 5.74) is 3.13. The second-order valence-corrected chi connectivity index (χ2v) is 6.77. The zero-order valence-electron chi connectivity index (χ0n) is 13.7. The standard InChI is InChI=1S/C16H20F4N2O2/c1-14(2,21)9-22(13(23)24-3)15(6-7-15)10-4-5-12(17)11(8-10)16(18,19)20/h4-5,8H,6-7,9,21H2,1-3H3. The SMILES string of the molecule is COC(=O)N(CC(C)(C)N)C1(c2ccc(F)c(C(F)(F)F)c2)CC1. The third-order valence-electron chi connectivity index (χ3n) is 4.01. The van der Waals surface area contributed by atoms with Crippen molar-refractivity contribution >= 4 is 6.09 Å². The van der Waals surface area contributed by atoms with E-state index in [0.29, 0.717) is 12.8 Å². The summed E-state index contributed by atoms with van der Waals surface area (Å²) < 4.78 is 57.2. The highest BCUT2D eigenvalue weighted by atomic mass is 19.4. The van der Waals surface area contributed by atoms with Crippen molar-refractivity contribution in [3.05, 3.63) is 35.1 Å². The Labute approximate surface area is 137 Å². The Kier molecular flexibility index (Phi) is 4.56. The number of halogens is 4. The molecule has 0 saturated heterocycles. The van der Waals surface area contributed by atoms with Gasteiger partial charge in [0.2, 0.25) is 0 Å². The van der Waals surface area contributed by atoms with Crippen LogP contribution in [0.15, 0.2) is 18.2 Å². The van der Waals surface area contributed by atoms with Gasteiger partial charge < -0.3 is 10.5 Å². The van der Waals surface area contributed by atoms with Crippen LogP contribution in [0.4, 0.5) is 22.4 Å². The molecule has 0 atom stereocenters. The number of carbonyl (C=O) groups excluding carboxylic acids is 1. The molecule has 1 amide bonds. The number of benzene rings is 1. The lowest BCUT2D eigenvalue weighted by Crippen LogP contribution is -2.51. The highest BCUT2D eigenvalue weighted by Gasteiger charge is 2.53. The average molecular weight is 348 g/mol. The monoisotopic (exact) mass is 348 g/mol. The Balaban J connectivity index is 2.47. The molecule has 0 bridgehead atoms. The first kappa shape index (κ1) is 18.5. The van der Waals surface area contributed by atoms with E-state index in [4.69, 9.17) is 10.5 Å². The van der Waals surface area contributed by atoms with Gasteiger partial charge in [-0.1, -0.05) is 6.07 Å². The highest BCUT2D eigenvalue weighted by Crippen LogP contribution is 2.52. The molecule has 0 unspecified atom stereocenters. The van der Waals surface area contributed by atoms with Gasteiger partial charge >= 0.3 is 12.3 Å². The molecule has 8 heteroatoms. The Morgan fingerprint density at radius 1 is 1.33 bits per heavy atom. The van der Waals surface area contributed by atoms with Gasteiger partial charge in [-0.2, -0.15) is 13.2 Å². The summed E-state index contributed by atoms with van der Waals surface area (Å²) in [7, 11) is 1.20. The summed E-state index contributed by atoms with van der Waals surface area (Å²) in [4.78, 5) is 13.5. The number of carbonyl (C=O) groups is 1. The molecular formula is C16H20F4N2O2. The zero-order valence-corrected chi connectivity index (χ0v) is 13.7. The van der Waals surface area contributed by atoms with Gasteiger partial charge in [0, 0.05) is 12.1 Å². The molecule has 0 spiro atoms. The lowest BCUT2D eigenvalue weighted by atomic mass is 9.97. The van der Waals surface area contributed by atoms with E-state index < -0.39 is 34.7 Å². The average Bonchev–Trinajstić information content (AvgIpc) is 3.23. The summed E-state index contributed by atoms with van der Waals surface area (Å²) in [6, 6.07) is 2.82. The molecule has 1 aromatic carbocycles. The van der Waals surface area contributed by atoms with Gasteiger partial charge in [-0.3, -0.25) is 4.90 Å². The lowest BCUT2D eigenvalue weighted by Gasteiger charge is -2.36. The van der Waals surface area contributed by atoms with Crippen molar-refractivity contribution in [2.75, 3.05) is 13.7 Å². The first-order chi connectivity index (χ1) is 10.9. The van der Waals surface area contributed by atoms with Gasteiger partial charge in [-0.15, -0.1) is 0 Å². The normalized spacial score (nSPS) is 16.7. The van der Waals surface area contributed by atoms with Crippen molar-refractivity contribution in [2.45, 2.75) is 43.9 Å². The predicted octanol–water partition coefficient (Wildman–Crippen LogP) is 3.64. The highest BCUT2D eigenvalue weighted by molar-refractivity contribution is 5.70. The van der Waals surface area contributed by atoms with E-state index >= 15 is 0 Å². The van der Waals surface area contributed by atoms with Crippen LogP contribution in [-0.4, -0.2) is 30.2 Å². The zero-order chi connectivity index (χ0) is 18.3. The molecule has 1 fully saturated rings. The number of hydrogen-bond donors (Lipinski definition) is 1. The van der Waals surface area contributed by atoms with Crippen LogP contribution in [0.1, 0.15) is 37.8 Å². The fourth-order valence-corrected chi connectivity index (χ4v) is 2.77. The number of nitrogens with zero attached hydrogens (tertiary/aromatic N) is 1. The second-order valence-electron chi connectivity index (χ2n) is 6.77. The number of rotatable bonds is 4. The maximum atomic E-state index is 13.5. The quantitative estimate of drug-likeness (QED) is 0.845. The van der Waals surface area contributed by atoms with Gasteiger partial charge in [0.25, 0.3) is 0 Å². The molecule has 0 radical (unpaired) electrons. The third-order valence-corrected chi connectivity index (χ3v) is 4.01. The van der Waals surface area contributed by atoms with Gasteiger partial charge in [-0.25, -0.2) is 9.18 Å². The number of ether oxygens (including phenoxy) is 1. The van der Waals surface area contributed by atoms with E-state index in [1.165, 1.54) is 18.1 Å². The minimum absolute atomic E-state index is 0.0956. The number of hydrogen-bond acceptors (Lipinski definition) is 3. The van der Waals surface area contributed by atoms with Crippen LogP contribution in [0, 0.1) is 5.82 Å². The van der Waals surface area contributed by atoms with E-state index in [1.54, 1.807) is 13.8 Å². The summed E-state index contributed by atoms with van der Waals surface area (Å²) in [5, 5.41) is 0. The van der Waals surface area contributed by atoms with Crippen molar-refractivity contribution in [1.29, 1.82) is 0 Å². The Morgan fingerprint density at radius 3 is 2.33 bits per heavy atom. The van der Waals surface area contributed by atoms with Crippen molar-refractivity contribution in [1.82, 2.24) is 4.90 Å². The molecule has 0 aromatic heterocycles. The molecule has 2 N–H and O–H groups in total. The summed E-state index contributed by atoms with van der Waals surface area (Å²) in [5.74, 6) is -1.34. The topological polar surface area (TPSA) is 55.6 Å². The van der Waals surface area contributed by atoms with E-state index in [1.807, 2.05) is 0 Å². The summed E-state index contributed by atoms with van der Waals surface area (Å²) in [6.07, 6.45) is -4.56. The first-order valence-electron chi connectivity index (χ1n) is 7.42. The largest absolute Gasteiger partial charge is 0.453 e. The minimum Gasteiger partial charge on any atom is -0.453 e. The second kappa shape index (κ2) is 5.91. The molecule has 1 aliphatic carbocycles. The molecular weight excluding hydrogens is 328 g/mol. The maximum Gasteiger partial charge on any atom is 0.419 e. The molecule has 1 aromatic rings. The number of alkyl halides is 3. The summed E-state index contributed by atoms with van der Waals surface area (Å²) >= 11 is 0. The van der Waals surface area contributed by atoms with Gasteiger partial charge in [0.1, 0.15) is 5.82 Å². The van der Waals surface area contributed by atoms with Crippen LogP contribution in [0.5, 0.6) is 0 Å². The fourth-order valence-electron chi connectivity index (χ4n) is 2.77. The number of methoxy groups -OCH3 is 1. The molecule has 134 valence electrons. The van der Waals surface area contributed by atoms with E-state index in [9.17, 15) is 22.4 Å². The van der Waals surface area contributed by atoms with E-state index in [0.717, 1.165) is 12.1 Å². The van der Waals surface area contributed by atoms with E-state index in [2.05, 4.69) is 0 Å². The Bertz CT molecular complexity index is 634. The van der Waals surface area contributed by atoms with Crippen LogP contribution in [-0.2, 0) is 16.5 Å². The van der Waals surface area contributed by atoms with Crippen molar-refractivity contribution in [3.8, 4) is 0 Å². The first-order valence-corrected chi connectivity index (χ1v) is 7.42. The maximum absolute atomic E-state index is 13.5. The van der Waals surface area contributed by atoms with Crippen LogP contribution < -0.4 is 5.73 Å². The molecule has 0 heterocycles. The van der Waals surface area contributed by atoms with Crippen molar-refractivity contribution in [3.63, 3.8) is 0 Å². The Hall–Kier alpha value is -1.83. The smallest absolute Gasteiger partial charge is 0.419 e. The minimum atomic E-state index is -4.81. The van der Waals surface area contributed by atoms with E-state index in [-0.39, 0.29) is 12.1 Å². The molecule has 2 rings (SSSR count). The van der Waals surface area contributed by atoms with Crippen LogP contribution in [0.2, 0.25) is 0 Å². The van der Waals surface area contributed by atoms with Gasteiger partial charge in [0.15, 0.2) is 0 Å².